The van der Waals surface area contributed by atoms with Crippen LogP contribution in [0.25, 0.3) is 10.9 Å². The van der Waals surface area contributed by atoms with E-state index >= 15 is 0 Å². The van der Waals surface area contributed by atoms with Crippen LogP contribution in [0.4, 0.5) is 5.95 Å². The van der Waals surface area contributed by atoms with Crippen molar-refractivity contribution >= 4 is 45.8 Å². The van der Waals surface area contributed by atoms with E-state index in [1.54, 1.807) is 28.8 Å². The summed E-state index contributed by atoms with van der Waals surface area (Å²) in [5, 5.41) is 5.87. The van der Waals surface area contributed by atoms with Crippen molar-refractivity contribution in [3.8, 4) is 0 Å². The van der Waals surface area contributed by atoms with Gasteiger partial charge in [0, 0.05) is 6.54 Å². The van der Waals surface area contributed by atoms with Crippen LogP contribution in [-0.4, -0.2) is 15.3 Å². The van der Waals surface area contributed by atoms with Crippen LogP contribution in [0.3, 0.4) is 0 Å². The van der Waals surface area contributed by atoms with Gasteiger partial charge >= 0.3 is 0 Å². The van der Waals surface area contributed by atoms with Gasteiger partial charge in [-0.15, -0.1) is 0 Å². The Labute approximate surface area is 154 Å². The first kappa shape index (κ1) is 17.5. The lowest BCUT2D eigenvalue weighted by molar-refractivity contribution is 0.724. The maximum Gasteiger partial charge on any atom is 0.262 e. The van der Waals surface area contributed by atoms with Crippen molar-refractivity contribution in [3.05, 3.63) is 68.4 Å². The first-order valence-corrected chi connectivity index (χ1v) is 8.52. The van der Waals surface area contributed by atoms with E-state index in [1.165, 1.54) is 0 Å². The zero-order chi connectivity index (χ0) is 18.0. The third-order valence-corrected chi connectivity index (χ3v) is 4.58. The Morgan fingerprint density at radius 2 is 1.96 bits per heavy atom. The van der Waals surface area contributed by atoms with Gasteiger partial charge in [-0.1, -0.05) is 41.4 Å². The smallest absolute Gasteiger partial charge is 0.262 e. The summed E-state index contributed by atoms with van der Waals surface area (Å²) < 4.78 is 1.55. The van der Waals surface area contributed by atoms with E-state index in [4.69, 9.17) is 23.2 Å². The molecule has 1 aromatic heterocycles. The fourth-order valence-electron chi connectivity index (χ4n) is 2.47. The zero-order valence-electron chi connectivity index (χ0n) is 13.8. The first-order chi connectivity index (χ1) is 12.0. The SMILES string of the molecule is CCn1c(N/N=C(/C)c2ccc(Cl)c(Cl)c2)nc2ccccc2c1=O. The minimum atomic E-state index is -0.0991. The van der Waals surface area contributed by atoms with Crippen molar-refractivity contribution in [3.63, 3.8) is 0 Å². The van der Waals surface area contributed by atoms with Crippen LogP contribution in [0.5, 0.6) is 0 Å². The molecular formula is C18H16Cl2N4O. The van der Waals surface area contributed by atoms with Crippen molar-refractivity contribution in [2.24, 2.45) is 5.10 Å². The van der Waals surface area contributed by atoms with Gasteiger partial charge < -0.3 is 0 Å². The molecule has 1 heterocycles. The van der Waals surface area contributed by atoms with Gasteiger partial charge in [0.25, 0.3) is 5.56 Å². The molecule has 7 heteroatoms. The third kappa shape index (κ3) is 3.52. The maximum atomic E-state index is 12.6. The second kappa shape index (κ2) is 7.25. The molecule has 0 aliphatic heterocycles. The molecule has 0 amide bonds. The highest BCUT2D eigenvalue weighted by atomic mass is 35.5. The number of anilines is 1. The second-order valence-electron chi connectivity index (χ2n) is 5.44. The van der Waals surface area contributed by atoms with Gasteiger partial charge in [0.1, 0.15) is 0 Å². The molecule has 0 saturated heterocycles. The summed E-state index contributed by atoms with van der Waals surface area (Å²) >= 11 is 12.0. The van der Waals surface area contributed by atoms with E-state index in [-0.39, 0.29) is 5.56 Å². The number of benzene rings is 2. The van der Waals surface area contributed by atoms with E-state index in [0.29, 0.717) is 39.2 Å². The van der Waals surface area contributed by atoms with Gasteiger partial charge in [-0.25, -0.2) is 10.4 Å². The summed E-state index contributed by atoms with van der Waals surface area (Å²) in [5.74, 6) is 0.394. The zero-order valence-corrected chi connectivity index (χ0v) is 15.3. The van der Waals surface area contributed by atoms with Gasteiger partial charge in [0.05, 0.1) is 26.7 Å². The Bertz CT molecular complexity index is 1030. The molecule has 0 fully saturated rings. The van der Waals surface area contributed by atoms with E-state index in [9.17, 15) is 4.79 Å². The van der Waals surface area contributed by atoms with Crippen LogP contribution in [0.1, 0.15) is 19.4 Å². The Morgan fingerprint density at radius 3 is 2.68 bits per heavy atom. The number of para-hydroxylation sites is 1. The van der Waals surface area contributed by atoms with Crippen LogP contribution in [-0.2, 0) is 6.54 Å². The summed E-state index contributed by atoms with van der Waals surface area (Å²) in [6.45, 7) is 4.21. The van der Waals surface area contributed by atoms with Crippen LogP contribution < -0.4 is 11.0 Å². The maximum absolute atomic E-state index is 12.6. The Hall–Kier alpha value is -2.37. The second-order valence-corrected chi connectivity index (χ2v) is 6.25. The van der Waals surface area contributed by atoms with E-state index in [1.807, 2.05) is 32.0 Å². The minimum absolute atomic E-state index is 0.0991. The van der Waals surface area contributed by atoms with Gasteiger partial charge in [0.15, 0.2) is 0 Å². The molecule has 3 rings (SSSR count). The van der Waals surface area contributed by atoms with E-state index in [0.717, 1.165) is 5.56 Å². The fraction of sp³-hybridized carbons (Fsp3) is 0.167. The van der Waals surface area contributed by atoms with Crippen molar-refractivity contribution < 1.29 is 0 Å². The number of hydrogen-bond donors (Lipinski definition) is 1. The molecule has 5 nitrogen and oxygen atoms in total. The van der Waals surface area contributed by atoms with Crippen LogP contribution in [0.2, 0.25) is 10.0 Å². The number of rotatable bonds is 4. The molecule has 0 bridgehead atoms. The molecule has 25 heavy (non-hydrogen) atoms. The van der Waals surface area contributed by atoms with Gasteiger partial charge in [-0.05, 0) is 43.7 Å². The number of nitrogens with zero attached hydrogens (tertiary/aromatic N) is 3. The molecule has 0 saturated carbocycles. The average Bonchev–Trinajstić information content (AvgIpc) is 2.62. The monoisotopic (exact) mass is 374 g/mol. The molecule has 0 atom stereocenters. The summed E-state index contributed by atoms with van der Waals surface area (Å²) in [6, 6.07) is 12.5. The normalized spacial score (nSPS) is 11.8. The van der Waals surface area contributed by atoms with Crippen molar-refractivity contribution in [2.75, 3.05) is 5.43 Å². The van der Waals surface area contributed by atoms with Crippen LogP contribution in [0, 0.1) is 0 Å². The quantitative estimate of drug-likeness (QED) is 0.537. The third-order valence-electron chi connectivity index (χ3n) is 3.84. The number of hydrogen-bond acceptors (Lipinski definition) is 4. The lowest BCUT2D eigenvalue weighted by Crippen LogP contribution is -2.23. The summed E-state index contributed by atoms with van der Waals surface area (Å²) in [7, 11) is 0. The highest BCUT2D eigenvalue weighted by Gasteiger charge is 2.09. The topological polar surface area (TPSA) is 59.3 Å². The van der Waals surface area contributed by atoms with Crippen LogP contribution >= 0.6 is 23.2 Å². The summed E-state index contributed by atoms with van der Waals surface area (Å²) in [5.41, 5.74) is 4.95. The van der Waals surface area contributed by atoms with Crippen molar-refractivity contribution in [1.29, 1.82) is 0 Å². The molecule has 0 radical (unpaired) electrons. The van der Waals surface area contributed by atoms with Gasteiger partial charge in [0.2, 0.25) is 5.95 Å². The Morgan fingerprint density at radius 1 is 1.20 bits per heavy atom. The van der Waals surface area contributed by atoms with Gasteiger partial charge in [-0.2, -0.15) is 5.10 Å². The molecular weight excluding hydrogens is 359 g/mol. The van der Waals surface area contributed by atoms with E-state index < -0.39 is 0 Å². The summed E-state index contributed by atoms with van der Waals surface area (Å²) in [6.07, 6.45) is 0. The number of halogens is 2. The molecule has 2 aromatic carbocycles. The number of fused-ring (bicyclic) bond motifs is 1. The molecule has 1 N–H and O–H groups in total. The van der Waals surface area contributed by atoms with Crippen molar-refractivity contribution in [2.45, 2.75) is 20.4 Å². The lowest BCUT2D eigenvalue weighted by atomic mass is 10.1. The average molecular weight is 375 g/mol. The predicted molar refractivity (Wildman–Crippen MR) is 104 cm³/mol. The lowest BCUT2D eigenvalue weighted by Gasteiger charge is -2.11. The molecule has 0 unspecified atom stereocenters. The van der Waals surface area contributed by atoms with E-state index in [2.05, 4.69) is 15.5 Å². The predicted octanol–water partition coefficient (Wildman–Crippen LogP) is 4.56. The Kier molecular flexibility index (Phi) is 5.06. The molecule has 3 aromatic rings. The number of nitrogens with one attached hydrogen (secondary N) is 1. The number of hydrazone groups is 1. The first-order valence-electron chi connectivity index (χ1n) is 7.76. The minimum Gasteiger partial charge on any atom is -0.277 e. The number of aromatic nitrogens is 2. The standard InChI is InChI=1S/C18H16Cl2N4O/c1-3-24-17(25)13-6-4-5-7-16(13)21-18(24)23-22-11(2)12-8-9-14(19)15(20)10-12/h4-10H,3H2,1-2H3,(H,21,23)/b22-11-. The fourth-order valence-corrected chi connectivity index (χ4v) is 2.76. The molecule has 0 spiro atoms. The van der Waals surface area contributed by atoms with Gasteiger partial charge in [-0.3, -0.25) is 9.36 Å². The Balaban J connectivity index is 1.99. The molecule has 0 aliphatic carbocycles. The van der Waals surface area contributed by atoms with Crippen molar-refractivity contribution in [1.82, 2.24) is 9.55 Å². The molecule has 0 aliphatic rings. The largest absolute Gasteiger partial charge is 0.277 e. The van der Waals surface area contributed by atoms with Crippen LogP contribution in [0.15, 0.2) is 52.4 Å². The highest BCUT2D eigenvalue weighted by molar-refractivity contribution is 6.42. The highest BCUT2D eigenvalue weighted by Crippen LogP contribution is 2.23. The molecule has 128 valence electrons. The summed E-state index contributed by atoms with van der Waals surface area (Å²) in [4.78, 5) is 17.1.